The minimum atomic E-state index is 0.284. The van der Waals surface area contributed by atoms with Crippen molar-refractivity contribution < 1.29 is 9.84 Å². The van der Waals surface area contributed by atoms with Crippen LogP contribution in [0.4, 0.5) is 0 Å². The van der Waals surface area contributed by atoms with Gasteiger partial charge in [0.05, 0.1) is 11.8 Å². The lowest BCUT2D eigenvalue weighted by Gasteiger charge is -2.11. The van der Waals surface area contributed by atoms with Crippen molar-refractivity contribution in [3.8, 4) is 28.0 Å². The van der Waals surface area contributed by atoms with Crippen LogP contribution in [0.25, 0.3) is 28.3 Å². The van der Waals surface area contributed by atoms with Gasteiger partial charge in [0, 0.05) is 18.4 Å². The molecule has 1 unspecified atom stereocenters. The average molecular weight is 430 g/mol. The fourth-order valence-electron chi connectivity index (χ4n) is 3.63. The molecule has 3 aromatic rings. The maximum Gasteiger partial charge on any atom is 0.115 e. The number of hydrogen-bond acceptors (Lipinski definition) is 3. The van der Waals surface area contributed by atoms with Crippen LogP contribution >= 0.6 is 0 Å². The van der Waals surface area contributed by atoms with Crippen LogP contribution in [-0.2, 0) is 4.74 Å². The van der Waals surface area contributed by atoms with E-state index in [1.165, 1.54) is 19.3 Å². The summed E-state index contributed by atoms with van der Waals surface area (Å²) in [4.78, 5) is 4.60. The van der Waals surface area contributed by atoms with Crippen molar-refractivity contribution in [2.24, 2.45) is 0 Å². The topological polar surface area (TPSA) is 42.4 Å². The van der Waals surface area contributed by atoms with Crippen LogP contribution in [0.3, 0.4) is 0 Å². The molecule has 0 bridgehead atoms. The third kappa shape index (κ3) is 7.65. The summed E-state index contributed by atoms with van der Waals surface area (Å²) in [5.74, 6) is 0.284. The van der Waals surface area contributed by atoms with Crippen molar-refractivity contribution in [2.45, 2.75) is 58.5 Å². The van der Waals surface area contributed by atoms with Gasteiger partial charge in [-0.15, -0.1) is 0 Å². The first-order valence-electron chi connectivity index (χ1n) is 11.8. The van der Waals surface area contributed by atoms with Gasteiger partial charge in [0.15, 0.2) is 0 Å². The van der Waals surface area contributed by atoms with E-state index in [2.05, 4.69) is 67.4 Å². The highest BCUT2D eigenvalue weighted by atomic mass is 16.5. The van der Waals surface area contributed by atoms with Crippen LogP contribution in [0.5, 0.6) is 5.75 Å². The monoisotopic (exact) mass is 429 g/mol. The van der Waals surface area contributed by atoms with Crippen molar-refractivity contribution >= 4 is 6.08 Å². The molecule has 168 valence electrons. The average Bonchev–Trinajstić information content (AvgIpc) is 2.83. The molecule has 1 heterocycles. The van der Waals surface area contributed by atoms with Gasteiger partial charge in [-0.1, -0.05) is 68.3 Å². The zero-order chi connectivity index (χ0) is 22.6. The Morgan fingerprint density at radius 2 is 1.47 bits per heavy atom. The number of nitrogens with zero attached hydrogens (tertiary/aromatic N) is 1. The summed E-state index contributed by atoms with van der Waals surface area (Å²) in [6, 6.07) is 19.9. The standard InChI is InChI=1S/C29H35NO2/c1-3-4-8-21-32-23(2)9-6-5-7-10-28-18-15-27(22-30-28)26-13-11-24(12-14-26)25-16-19-29(31)20-17-25/h7,10-20,22-23,31H,3-6,8-9,21H2,1-2H3/b10-7+. The Balaban J connectivity index is 1.45. The van der Waals surface area contributed by atoms with E-state index in [9.17, 15) is 5.11 Å². The highest BCUT2D eigenvalue weighted by Crippen LogP contribution is 2.26. The third-order valence-corrected chi connectivity index (χ3v) is 5.63. The predicted octanol–water partition coefficient (Wildman–Crippen LogP) is 7.90. The van der Waals surface area contributed by atoms with Gasteiger partial charge in [-0.2, -0.15) is 0 Å². The summed E-state index contributed by atoms with van der Waals surface area (Å²) in [5, 5.41) is 9.45. The number of benzene rings is 2. The molecule has 2 aromatic carbocycles. The second-order valence-corrected chi connectivity index (χ2v) is 8.32. The van der Waals surface area contributed by atoms with E-state index in [1.54, 1.807) is 12.1 Å². The first-order chi connectivity index (χ1) is 15.7. The molecule has 0 aliphatic rings. The van der Waals surface area contributed by atoms with Crippen molar-refractivity contribution in [3.05, 3.63) is 78.6 Å². The first-order valence-corrected chi connectivity index (χ1v) is 11.8. The maximum atomic E-state index is 9.45. The molecule has 3 rings (SSSR count). The lowest BCUT2D eigenvalue weighted by Crippen LogP contribution is -2.08. The molecule has 32 heavy (non-hydrogen) atoms. The number of phenolic OH excluding ortho intramolecular Hbond substituents is 1. The normalized spacial score (nSPS) is 12.3. The fourth-order valence-corrected chi connectivity index (χ4v) is 3.63. The molecule has 1 aromatic heterocycles. The molecule has 0 aliphatic heterocycles. The van der Waals surface area contributed by atoms with Gasteiger partial charge in [0.2, 0.25) is 0 Å². The van der Waals surface area contributed by atoms with Gasteiger partial charge in [-0.3, -0.25) is 4.98 Å². The van der Waals surface area contributed by atoms with E-state index in [-0.39, 0.29) is 5.75 Å². The molecule has 0 saturated heterocycles. The van der Waals surface area contributed by atoms with Crippen molar-refractivity contribution in [3.63, 3.8) is 0 Å². The third-order valence-electron chi connectivity index (χ3n) is 5.63. The van der Waals surface area contributed by atoms with Crippen LogP contribution in [0.15, 0.2) is 72.9 Å². The molecule has 0 radical (unpaired) electrons. The minimum Gasteiger partial charge on any atom is -0.508 e. The van der Waals surface area contributed by atoms with Gasteiger partial charge in [0.1, 0.15) is 5.75 Å². The zero-order valence-electron chi connectivity index (χ0n) is 19.3. The van der Waals surface area contributed by atoms with Crippen LogP contribution in [0.2, 0.25) is 0 Å². The Labute approximate surface area is 192 Å². The number of allylic oxidation sites excluding steroid dienone is 1. The summed E-state index contributed by atoms with van der Waals surface area (Å²) >= 11 is 0. The lowest BCUT2D eigenvalue weighted by atomic mass is 10.0. The van der Waals surface area contributed by atoms with E-state index >= 15 is 0 Å². The number of aromatic hydroxyl groups is 1. The van der Waals surface area contributed by atoms with E-state index in [0.29, 0.717) is 6.10 Å². The Morgan fingerprint density at radius 3 is 2.09 bits per heavy atom. The molecule has 0 amide bonds. The number of pyridine rings is 1. The molecule has 3 nitrogen and oxygen atoms in total. The SMILES string of the molecule is CCCCCOC(C)CCC/C=C/c1ccc(-c2ccc(-c3ccc(O)cc3)cc2)cn1. The van der Waals surface area contributed by atoms with Crippen molar-refractivity contribution in [1.29, 1.82) is 0 Å². The van der Waals surface area contributed by atoms with Gasteiger partial charge < -0.3 is 9.84 Å². The second-order valence-electron chi connectivity index (χ2n) is 8.32. The van der Waals surface area contributed by atoms with E-state index in [0.717, 1.165) is 53.8 Å². The highest BCUT2D eigenvalue weighted by molar-refractivity contribution is 5.70. The molecule has 1 atom stereocenters. The molecule has 0 aliphatic carbocycles. The highest BCUT2D eigenvalue weighted by Gasteiger charge is 2.02. The molecule has 0 fully saturated rings. The number of aromatic nitrogens is 1. The van der Waals surface area contributed by atoms with Crippen LogP contribution in [0, 0.1) is 0 Å². The molecule has 0 spiro atoms. The largest absolute Gasteiger partial charge is 0.508 e. The molecule has 3 heteroatoms. The number of phenols is 1. The van der Waals surface area contributed by atoms with Crippen LogP contribution in [0.1, 0.15) is 58.1 Å². The van der Waals surface area contributed by atoms with Crippen molar-refractivity contribution in [1.82, 2.24) is 4.98 Å². The van der Waals surface area contributed by atoms with E-state index in [1.807, 2.05) is 18.3 Å². The molecule has 0 saturated carbocycles. The van der Waals surface area contributed by atoms with Gasteiger partial charge in [-0.25, -0.2) is 0 Å². The molecular weight excluding hydrogens is 394 g/mol. The molecule has 1 N–H and O–H groups in total. The Morgan fingerprint density at radius 1 is 0.844 bits per heavy atom. The van der Waals surface area contributed by atoms with Gasteiger partial charge in [-0.05, 0) is 73.6 Å². The summed E-state index contributed by atoms with van der Waals surface area (Å²) in [5.41, 5.74) is 5.45. The summed E-state index contributed by atoms with van der Waals surface area (Å²) in [7, 11) is 0. The van der Waals surface area contributed by atoms with Gasteiger partial charge in [0.25, 0.3) is 0 Å². The quantitative estimate of drug-likeness (QED) is 0.298. The Bertz CT molecular complexity index is 944. The number of hydrogen-bond donors (Lipinski definition) is 1. The molecular formula is C29H35NO2. The zero-order valence-corrected chi connectivity index (χ0v) is 19.3. The van der Waals surface area contributed by atoms with Crippen LogP contribution < -0.4 is 0 Å². The Hall–Kier alpha value is -2.91. The fraction of sp³-hybridized carbons (Fsp3) is 0.345. The van der Waals surface area contributed by atoms with Crippen LogP contribution in [-0.4, -0.2) is 22.8 Å². The smallest absolute Gasteiger partial charge is 0.115 e. The minimum absolute atomic E-state index is 0.284. The lowest BCUT2D eigenvalue weighted by molar-refractivity contribution is 0.0566. The van der Waals surface area contributed by atoms with Gasteiger partial charge >= 0.3 is 0 Å². The number of rotatable bonds is 12. The van der Waals surface area contributed by atoms with E-state index < -0.39 is 0 Å². The summed E-state index contributed by atoms with van der Waals surface area (Å²) < 4.78 is 5.85. The number of ether oxygens (including phenoxy) is 1. The predicted molar refractivity (Wildman–Crippen MR) is 135 cm³/mol. The summed E-state index contributed by atoms with van der Waals surface area (Å²) in [6.45, 7) is 5.28. The number of unbranched alkanes of at least 4 members (excludes halogenated alkanes) is 3. The van der Waals surface area contributed by atoms with E-state index in [4.69, 9.17) is 4.74 Å². The first kappa shape index (κ1) is 23.7. The summed E-state index contributed by atoms with van der Waals surface area (Å²) in [6.07, 6.45) is 13.5. The maximum absolute atomic E-state index is 9.45. The Kier molecular flexibility index (Phi) is 9.52. The van der Waals surface area contributed by atoms with Crippen molar-refractivity contribution in [2.75, 3.05) is 6.61 Å². The second kappa shape index (κ2) is 12.8.